The van der Waals surface area contributed by atoms with Crippen LogP contribution in [0.1, 0.15) is 22.7 Å². The number of carbonyl (C=O) groups is 2. The number of halogens is 1. The Kier molecular flexibility index (Phi) is 6.22. The zero-order chi connectivity index (χ0) is 22.0. The molecule has 2 aromatic carbocycles. The number of ether oxygens (including phenoxy) is 1. The standard InChI is InChI=1S/C23H25FN2O4/c1-14-13-17(30-4)9-10-18(14)21(27)19-20(15-5-7-16(24)8-6-15)26(12-11-25(2)3)23(29)22(19)28/h5-10,13,20,27H,11-12H2,1-4H3/p+1/t20-/m0/s1. The number of likely N-dealkylation sites (N-methyl/N-ethyl adjacent to an activating group) is 1. The summed E-state index contributed by atoms with van der Waals surface area (Å²) in [6, 6.07) is 9.93. The van der Waals surface area contributed by atoms with E-state index >= 15 is 0 Å². The number of benzene rings is 2. The summed E-state index contributed by atoms with van der Waals surface area (Å²) in [6.45, 7) is 2.73. The maximum Gasteiger partial charge on any atom is 0.295 e. The number of methoxy groups -OCH3 is 1. The molecule has 1 atom stereocenters. The van der Waals surface area contributed by atoms with Crippen LogP contribution in [0.3, 0.4) is 0 Å². The quantitative estimate of drug-likeness (QED) is 0.430. The average molecular weight is 413 g/mol. The van der Waals surface area contributed by atoms with Crippen molar-refractivity contribution in [2.45, 2.75) is 13.0 Å². The fourth-order valence-corrected chi connectivity index (χ4v) is 3.62. The number of nitrogens with zero attached hydrogens (tertiary/aromatic N) is 1. The molecule has 0 aromatic heterocycles. The number of ketones is 1. The summed E-state index contributed by atoms with van der Waals surface area (Å²) in [5, 5.41) is 11.1. The molecule has 6 nitrogen and oxygen atoms in total. The van der Waals surface area contributed by atoms with Gasteiger partial charge in [-0.05, 0) is 48.4 Å². The van der Waals surface area contributed by atoms with Gasteiger partial charge in [0.15, 0.2) is 0 Å². The molecule has 2 N–H and O–H groups in total. The van der Waals surface area contributed by atoms with Crippen LogP contribution in [0.4, 0.5) is 4.39 Å². The highest BCUT2D eigenvalue weighted by Crippen LogP contribution is 2.39. The average Bonchev–Trinajstić information content (AvgIpc) is 2.96. The number of quaternary nitrogens is 1. The van der Waals surface area contributed by atoms with E-state index in [2.05, 4.69) is 0 Å². The lowest BCUT2D eigenvalue weighted by molar-refractivity contribution is -0.857. The first-order valence-electron chi connectivity index (χ1n) is 9.72. The van der Waals surface area contributed by atoms with Crippen LogP contribution in [0.15, 0.2) is 48.0 Å². The highest BCUT2D eigenvalue weighted by molar-refractivity contribution is 6.46. The zero-order valence-corrected chi connectivity index (χ0v) is 17.5. The van der Waals surface area contributed by atoms with Crippen molar-refractivity contribution in [2.75, 3.05) is 34.3 Å². The lowest BCUT2D eigenvalue weighted by Gasteiger charge is -2.25. The SMILES string of the molecule is COc1ccc(C(O)=C2C(=O)C(=O)N(CC[NH+](C)C)[C@H]2c2ccc(F)cc2)c(C)c1. The molecule has 158 valence electrons. The minimum Gasteiger partial charge on any atom is -0.507 e. The van der Waals surface area contributed by atoms with Gasteiger partial charge < -0.3 is 19.6 Å². The summed E-state index contributed by atoms with van der Waals surface area (Å²) in [7, 11) is 5.44. The second kappa shape index (κ2) is 8.67. The van der Waals surface area contributed by atoms with E-state index < -0.39 is 23.5 Å². The van der Waals surface area contributed by atoms with Gasteiger partial charge in [-0.2, -0.15) is 0 Å². The highest BCUT2D eigenvalue weighted by Gasteiger charge is 2.46. The molecule has 2 aromatic rings. The Labute approximate surface area is 175 Å². The van der Waals surface area contributed by atoms with Gasteiger partial charge in [0.05, 0.1) is 45.9 Å². The van der Waals surface area contributed by atoms with E-state index in [-0.39, 0.29) is 11.3 Å². The summed E-state index contributed by atoms with van der Waals surface area (Å²) in [4.78, 5) is 28.3. The molecule has 0 radical (unpaired) electrons. The van der Waals surface area contributed by atoms with Crippen molar-refractivity contribution in [2.24, 2.45) is 0 Å². The molecule has 1 aliphatic rings. The number of carbonyl (C=O) groups excluding carboxylic acids is 2. The molecule has 1 saturated heterocycles. The number of likely N-dealkylation sites (tertiary alicyclic amines) is 1. The van der Waals surface area contributed by atoms with Gasteiger partial charge in [0, 0.05) is 5.56 Å². The number of rotatable bonds is 6. The lowest BCUT2D eigenvalue weighted by Crippen LogP contribution is -3.06. The number of Topliss-reactive ketones (excluding diaryl/α,β-unsaturated/α-hetero) is 1. The molecule has 7 heteroatoms. The molecule has 0 bridgehead atoms. The molecule has 0 spiro atoms. The van der Waals surface area contributed by atoms with E-state index in [1.165, 1.54) is 29.2 Å². The van der Waals surface area contributed by atoms with Crippen LogP contribution in [-0.4, -0.2) is 56.0 Å². The van der Waals surface area contributed by atoms with Crippen LogP contribution in [0.2, 0.25) is 0 Å². The number of hydrogen-bond donors (Lipinski definition) is 2. The monoisotopic (exact) mass is 413 g/mol. The van der Waals surface area contributed by atoms with Gasteiger partial charge >= 0.3 is 0 Å². The second-order valence-corrected chi connectivity index (χ2v) is 7.68. The third-order valence-electron chi connectivity index (χ3n) is 5.27. The maximum absolute atomic E-state index is 13.5. The van der Waals surface area contributed by atoms with E-state index in [1.807, 2.05) is 14.1 Å². The topological polar surface area (TPSA) is 71.3 Å². The Morgan fingerprint density at radius 2 is 1.83 bits per heavy atom. The minimum absolute atomic E-state index is 0.00799. The molecule has 1 aliphatic heterocycles. The lowest BCUT2D eigenvalue weighted by atomic mass is 9.94. The predicted octanol–water partition coefficient (Wildman–Crippen LogP) is 1.71. The molecular formula is C23H26FN2O4+. The van der Waals surface area contributed by atoms with Crippen LogP contribution < -0.4 is 9.64 Å². The summed E-state index contributed by atoms with van der Waals surface area (Å²) >= 11 is 0. The number of aryl methyl sites for hydroxylation is 1. The van der Waals surface area contributed by atoms with E-state index in [9.17, 15) is 19.1 Å². The Balaban J connectivity index is 2.16. The van der Waals surface area contributed by atoms with Gasteiger partial charge in [0.25, 0.3) is 11.7 Å². The zero-order valence-electron chi connectivity index (χ0n) is 17.5. The van der Waals surface area contributed by atoms with Crippen molar-refractivity contribution >= 4 is 17.4 Å². The molecule has 1 fully saturated rings. The number of amides is 1. The van der Waals surface area contributed by atoms with Gasteiger partial charge in [0.1, 0.15) is 17.3 Å². The first-order chi connectivity index (χ1) is 14.2. The maximum atomic E-state index is 13.5. The Hall–Kier alpha value is -3.19. The van der Waals surface area contributed by atoms with E-state index in [4.69, 9.17) is 4.74 Å². The van der Waals surface area contributed by atoms with Gasteiger partial charge in [-0.3, -0.25) is 9.59 Å². The van der Waals surface area contributed by atoms with Crippen LogP contribution in [0, 0.1) is 12.7 Å². The smallest absolute Gasteiger partial charge is 0.295 e. The first kappa shape index (κ1) is 21.5. The normalized spacial score (nSPS) is 18.3. The van der Waals surface area contributed by atoms with E-state index in [0.29, 0.717) is 35.5 Å². The molecule has 1 heterocycles. The molecule has 30 heavy (non-hydrogen) atoms. The van der Waals surface area contributed by atoms with Gasteiger partial charge in [0.2, 0.25) is 0 Å². The van der Waals surface area contributed by atoms with E-state index in [0.717, 1.165) is 4.90 Å². The van der Waals surface area contributed by atoms with Crippen molar-refractivity contribution in [3.63, 3.8) is 0 Å². The number of aliphatic hydroxyl groups is 1. The van der Waals surface area contributed by atoms with Crippen LogP contribution >= 0.6 is 0 Å². The van der Waals surface area contributed by atoms with Gasteiger partial charge in [-0.15, -0.1) is 0 Å². The van der Waals surface area contributed by atoms with Gasteiger partial charge in [-0.25, -0.2) is 4.39 Å². The molecule has 3 rings (SSSR count). The van der Waals surface area contributed by atoms with Crippen molar-refractivity contribution in [1.82, 2.24) is 4.90 Å². The summed E-state index contributed by atoms with van der Waals surface area (Å²) in [5.74, 6) is -1.46. The number of aliphatic hydroxyl groups excluding tert-OH is 1. The number of hydrogen-bond acceptors (Lipinski definition) is 4. The second-order valence-electron chi connectivity index (χ2n) is 7.68. The van der Waals surface area contributed by atoms with Crippen molar-refractivity contribution in [1.29, 1.82) is 0 Å². The van der Waals surface area contributed by atoms with E-state index in [1.54, 1.807) is 32.2 Å². The first-order valence-corrected chi connectivity index (χ1v) is 9.72. The Morgan fingerprint density at radius 3 is 2.40 bits per heavy atom. The Bertz CT molecular complexity index is 999. The third kappa shape index (κ3) is 4.07. The van der Waals surface area contributed by atoms with Crippen molar-refractivity contribution in [3.05, 3.63) is 70.5 Å². The fraction of sp³-hybridized carbons (Fsp3) is 0.304. The summed E-state index contributed by atoms with van der Waals surface area (Å²) in [6.07, 6.45) is 0. The predicted molar refractivity (Wildman–Crippen MR) is 111 cm³/mol. The van der Waals surface area contributed by atoms with Gasteiger partial charge in [-0.1, -0.05) is 12.1 Å². The minimum atomic E-state index is -0.786. The highest BCUT2D eigenvalue weighted by atomic mass is 19.1. The van der Waals surface area contributed by atoms with Crippen molar-refractivity contribution < 1.29 is 28.7 Å². The molecular weight excluding hydrogens is 387 g/mol. The molecule has 0 saturated carbocycles. The third-order valence-corrected chi connectivity index (χ3v) is 5.27. The van der Waals surface area contributed by atoms with Crippen LogP contribution in [-0.2, 0) is 9.59 Å². The van der Waals surface area contributed by atoms with Crippen LogP contribution in [0.5, 0.6) is 5.75 Å². The van der Waals surface area contributed by atoms with Crippen molar-refractivity contribution in [3.8, 4) is 5.75 Å². The summed E-state index contributed by atoms with van der Waals surface area (Å²) in [5.41, 5.74) is 1.72. The Morgan fingerprint density at radius 1 is 1.17 bits per heavy atom. The fourth-order valence-electron chi connectivity index (χ4n) is 3.62. The summed E-state index contributed by atoms with van der Waals surface area (Å²) < 4.78 is 18.7. The number of nitrogens with one attached hydrogen (secondary N) is 1. The molecule has 0 unspecified atom stereocenters. The molecule has 1 amide bonds. The van der Waals surface area contributed by atoms with Crippen LogP contribution in [0.25, 0.3) is 5.76 Å². The largest absolute Gasteiger partial charge is 0.507 e. The molecule has 0 aliphatic carbocycles.